The Morgan fingerprint density at radius 1 is 1.00 bits per heavy atom. The zero-order valence-corrected chi connectivity index (χ0v) is 15.4. The molecule has 0 aliphatic rings. The van der Waals surface area contributed by atoms with Crippen LogP contribution in [0.25, 0.3) is 10.9 Å². The molecule has 5 nitrogen and oxygen atoms in total. The number of aromatic amines is 1. The first-order valence-electron chi connectivity index (χ1n) is 9.15. The van der Waals surface area contributed by atoms with Gasteiger partial charge in [0.1, 0.15) is 0 Å². The van der Waals surface area contributed by atoms with Crippen LogP contribution in [0.3, 0.4) is 0 Å². The summed E-state index contributed by atoms with van der Waals surface area (Å²) in [6.07, 6.45) is 1.85. The van der Waals surface area contributed by atoms with Gasteiger partial charge >= 0.3 is 0 Å². The summed E-state index contributed by atoms with van der Waals surface area (Å²) >= 11 is 0. The molecule has 1 heterocycles. The number of hydrogen-bond donors (Lipinski definition) is 3. The van der Waals surface area contributed by atoms with Crippen LogP contribution in [0.15, 0.2) is 54.7 Å². The smallest absolute Gasteiger partial charge is 0.256 e. The molecule has 136 valence electrons. The van der Waals surface area contributed by atoms with Crippen molar-refractivity contribution in [3.63, 3.8) is 0 Å². The lowest BCUT2D eigenvalue weighted by molar-refractivity contribution is 0.102. The Morgan fingerprint density at radius 2 is 1.77 bits per heavy atom. The Labute approximate surface area is 154 Å². The third-order valence-corrected chi connectivity index (χ3v) is 4.65. The quantitative estimate of drug-likeness (QED) is 0.571. The van der Waals surface area contributed by atoms with Crippen LogP contribution in [-0.2, 0) is 0 Å². The molecular formula is C21H26N4O. The molecule has 0 spiro atoms. The van der Waals surface area contributed by atoms with Crippen LogP contribution in [0.1, 0.15) is 24.2 Å². The molecule has 1 aromatic heterocycles. The number of carbonyl (C=O) groups excluding carboxylic acids is 1. The van der Waals surface area contributed by atoms with E-state index in [1.165, 1.54) is 0 Å². The number of hydrogen-bond acceptors (Lipinski definition) is 3. The Bertz CT molecular complexity index is 867. The van der Waals surface area contributed by atoms with E-state index in [1.807, 2.05) is 54.7 Å². The monoisotopic (exact) mass is 350 g/mol. The Morgan fingerprint density at radius 3 is 2.54 bits per heavy atom. The molecule has 0 saturated carbocycles. The number of anilines is 2. The molecule has 0 saturated heterocycles. The number of H-pyrrole nitrogens is 1. The molecular weight excluding hydrogens is 324 g/mol. The number of amides is 1. The summed E-state index contributed by atoms with van der Waals surface area (Å²) in [6.45, 7) is 8.22. The molecule has 1 amide bonds. The Hall–Kier alpha value is -2.79. The maximum atomic E-state index is 12.8. The van der Waals surface area contributed by atoms with Crippen molar-refractivity contribution in [3.05, 3.63) is 60.3 Å². The summed E-state index contributed by atoms with van der Waals surface area (Å²) in [5.74, 6) is -0.104. The van der Waals surface area contributed by atoms with Crippen LogP contribution in [-0.4, -0.2) is 42.0 Å². The van der Waals surface area contributed by atoms with E-state index in [4.69, 9.17) is 0 Å². The van der Waals surface area contributed by atoms with Gasteiger partial charge in [-0.1, -0.05) is 32.0 Å². The molecule has 0 bridgehead atoms. The van der Waals surface area contributed by atoms with Crippen LogP contribution in [0.5, 0.6) is 0 Å². The summed E-state index contributed by atoms with van der Waals surface area (Å²) < 4.78 is 0. The predicted octanol–water partition coefficient (Wildman–Crippen LogP) is 4.17. The zero-order chi connectivity index (χ0) is 18.4. The first kappa shape index (κ1) is 18.0. The number of carbonyl (C=O) groups is 1. The lowest BCUT2D eigenvalue weighted by atomic mass is 10.1. The first-order valence-corrected chi connectivity index (χ1v) is 9.15. The van der Waals surface area contributed by atoms with Gasteiger partial charge in [0.15, 0.2) is 0 Å². The second kappa shape index (κ2) is 8.54. The van der Waals surface area contributed by atoms with Gasteiger partial charge in [-0.3, -0.25) is 4.79 Å². The van der Waals surface area contributed by atoms with Crippen molar-refractivity contribution in [1.82, 2.24) is 9.88 Å². The maximum absolute atomic E-state index is 12.8. The van der Waals surface area contributed by atoms with Crippen LogP contribution >= 0.6 is 0 Å². The summed E-state index contributed by atoms with van der Waals surface area (Å²) in [6, 6.07) is 15.5. The first-order chi connectivity index (χ1) is 12.7. The second-order valence-electron chi connectivity index (χ2n) is 6.20. The van der Waals surface area contributed by atoms with Crippen molar-refractivity contribution in [1.29, 1.82) is 0 Å². The zero-order valence-electron chi connectivity index (χ0n) is 15.4. The van der Waals surface area contributed by atoms with Gasteiger partial charge in [0.2, 0.25) is 0 Å². The average molecular weight is 350 g/mol. The molecule has 0 fully saturated rings. The van der Waals surface area contributed by atoms with Crippen molar-refractivity contribution in [3.8, 4) is 0 Å². The van der Waals surface area contributed by atoms with Crippen LogP contribution < -0.4 is 10.6 Å². The fraction of sp³-hybridized carbons (Fsp3) is 0.286. The molecule has 3 rings (SSSR count). The van der Waals surface area contributed by atoms with Crippen LogP contribution in [0.2, 0.25) is 0 Å². The minimum atomic E-state index is -0.104. The fourth-order valence-corrected chi connectivity index (χ4v) is 3.11. The van der Waals surface area contributed by atoms with E-state index < -0.39 is 0 Å². The highest BCUT2D eigenvalue weighted by Gasteiger charge is 2.12. The molecule has 0 unspecified atom stereocenters. The molecule has 26 heavy (non-hydrogen) atoms. The van der Waals surface area contributed by atoms with Crippen molar-refractivity contribution in [2.75, 3.05) is 36.8 Å². The van der Waals surface area contributed by atoms with Gasteiger partial charge in [-0.05, 0) is 43.4 Å². The molecule has 0 aliphatic heterocycles. The highest BCUT2D eigenvalue weighted by molar-refractivity contribution is 6.13. The number of likely N-dealkylation sites (N-methyl/N-ethyl adjacent to an activating group) is 1. The SMILES string of the molecule is CCN(CC)CCNc1ccccc1NC(=O)c1cccc2[nH]ccc12. The standard InChI is InChI=1S/C21H26N4O/c1-3-25(4-2)15-14-23-19-9-5-6-10-20(19)24-21(26)17-8-7-11-18-16(17)12-13-22-18/h5-13,22-23H,3-4,14-15H2,1-2H3,(H,24,26). The summed E-state index contributed by atoms with van der Waals surface area (Å²) in [4.78, 5) is 18.3. The molecule has 0 radical (unpaired) electrons. The van der Waals surface area contributed by atoms with Gasteiger partial charge in [0.05, 0.1) is 11.4 Å². The lowest BCUT2D eigenvalue weighted by Crippen LogP contribution is -2.28. The van der Waals surface area contributed by atoms with Crippen LogP contribution in [0.4, 0.5) is 11.4 Å². The number of benzene rings is 2. The van der Waals surface area contributed by atoms with E-state index in [1.54, 1.807) is 0 Å². The van der Waals surface area contributed by atoms with Gasteiger partial charge in [-0.25, -0.2) is 0 Å². The normalized spacial score (nSPS) is 11.0. The number of aromatic nitrogens is 1. The maximum Gasteiger partial charge on any atom is 0.256 e. The van der Waals surface area contributed by atoms with E-state index >= 15 is 0 Å². The van der Waals surface area contributed by atoms with E-state index in [9.17, 15) is 4.79 Å². The fourth-order valence-electron chi connectivity index (χ4n) is 3.11. The number of para-hydroxylation sites is 2. The third-order valence-electron chi connectivity index (χ3n) is 4.65. The van der Waals surface area contributed by atoms with E-state index in [-0.39, 0.29) is 5.91 Å². The highest BCUT2D eigenvalue weighted by Crippen LogP contribution is 2.23. The van der Waals surface area contributed by atoms with Crippen molar-refractivity contribution in [2.45, 2.75) is 13.8 Å². The van der Waals surface area contributed by atoms with Crippen molar-refractivity contribution in [2.24, 2.45) is 0 Å². The minimum Gasteiger partial charge on any atom is -0.382 e. The lowest BCUT2D eigenvalue weighted by Gasteiger charge is -2.19. The molecule has 3 aromatic rings. The van der Waals surface area contributed by atoms with Gasteiger partial charge in [-0.15, -0.1) is 0 Å². The van der Waals surface area contributed by atoms with Gasteiger partial charge in [0, 0.05) is 35.8 Å². The number of nitrogens with one attached hydrogen (secondary N) is 3. The second-order valence-corrected chi connectivity index (χ2v) is 6.20. The van der Waals surface area contributed by atoms with E-state index in [0.29, 0.717) is 5.56 Å². The van der Waals surface area contributed by atoms with Crippen molar-refractivity contribution >= 4 is 28.2 Å². The topological polar surface area (TPSA) is 60.2 Å². The number of nitrogens with zero attached hydrogens (tertiary/aromatic N) is 1. The van der Waals surface area contributed by atoms with E-state index in [2.05, 4.69) is 34.4 Å². The molecule has 5 heteroatoms. The average Bonchev–Trinajstić information content (AvgIpc) is 3.15. The van der Waals surface area contributed by atoms with E-state index in [0.717, 1.165) is 48.5 Å². The number of fused-ring (bicyclic) bond motifs is 1. The molecule has 3 N–H and O–H groups in total. The van der Waals surface area contributed by atoms with Gasteiger partial charge in [-0.2, -0.15) is 0 Å². The Balaban J connectivity index is 1.72. The molecule has 2 aromatic carbocycles. The minimum absolute atomic E-state index is 0.104. The molecule has 0 atom stereocenters. The van der Waals surface area contributed by atoms with Gasteiger partial charge < -0.3 is 20.5 Å². The highest BCUT2D eigenvalue weighted by atomic mass is 16.1. The number of rotatable bonds is 8. The van der Waals surface area contributed by atoms with Crippen molar-refractivity contribution < 1.29 is 4.79 Å². The largest absolute Gasteiger partial charge is 0.382 e. The predicted molar refractivity (Wildman–Crippen MR) is 109 cm³/mol. The third kappa shape index (κ3) is 4.06. The summed E-state index contributed by atoms with van der Waals surface area (Å²) in [7, 11) is 0. The summed E-state index contributed by atoms with van der Waals surface area (Å²) in [5.41, 5.74) is 3.36. The Kier molecular flexibility index (Phi) is 5.92. The summed E-state index contributed by atoms with van der Waals surface area (Å²) in [5, 5.41) is 7.41. The molecule has 0 aliphatic carbocycles. The van der Waals surface area contributed by atoms with Crippen LogP contribution in [0, 0.1) is 0 Å². The van der Waals surface area contributed by atoms with Gasteiger partial charge in [0.25, 0.3) is 5.91 Å².